The summed E-state index contributed by atoms with van der Waals surface area (Å²) in [6, 6.07) is 0. The first kappa shape index (κ1) is 14.3. The first-order valence-electron chi connectivity index (χ1n) is 7.74. The molecule has 0 bridgehead atoms. The molecule has 1 aliphatic carbocycles. The minimum atomic E-state index is -0.210. The lowest BCUT2D eigenvalue weighted by atomic mass is 9.93. The quantitative estimate of drug-likeness (QED) is 0.859. The summed E-state index contributed by atoms with van der Waals surface area (Å²) in [5.74, 6) is 1.90. The maximum Gasteiger partial charge on any atom is 0.226 e. The molecule has 0 spiro atoms. The molecule has 6 heteroatoms. The Morgan fingerprint density at radius 3 is 3.14 bits per heavy atom. The lowest BCUT2D eigenvalue weighted by molar-refractivity contribution is -0.143. The van der Waals surface area contributed by atoms with Gasteiger partial charge in [-0.05, 0) is 19.3 Å². The molecule has 0 unspecified atom stereocenters. The molecule has 2 atom stereocenters. The summed E-state index contributed by atoms with van der Waals surface area (Å²) in [5, 5.41) is 7.11. The van der Waals surface area contributed by atoms with Crippen LogP contribution in [0, 0.1) is 5.92 Å². The van der Waals surface area contributed by atoms with E-state index in [9.17, 15) is 4.79 Å². The van der Waals surface area contributed by atoms with Gasteiger partial charge in [0.15, 0.2) is 5.82 Å². The monoisotopic (exact) mass is 290 g/mol. The average molecular weight is 290 g/mol. The number of ether oxygens (including phenoxy) is 1. The number of carbonyl (C=O) groups is 1. The third-order valence-electron chi connectivity index (χ3n) is 4.17. The van der Waals surface area contributed by atoms with Gasteiger partial charge in [0.1, 0.15) is 11.9 Å². The molecule has 114 valence electrons. The number of rotatable bonds is 3. The lowest BCUT2D eigenvalue weighted by Gasteiger charge is -2.34. The van der Waals surface area contributed by atoms with E-state index >= 15 is 0 Å². The number of H-pyrrole nitrogens is 1. The molecule has 6 nitrogen and oxygen atoms in total. The molecule has 1 aliphatic heterocycles. The van der Waals surface area contributed by atoms with Crippen molar-refractivity contribution in [3.05, 3.63) is 23.8 Å². The van der Waals surface area contributed by atoms with Gasteiger partial charge in [-0.15, -0.1) is 0 Å². The molecule has 1 aromatic heterocycles. The second-order valence-electron chi connectivity index (χ2n) is 5.62. The number of aromatic nitrogens is 3. The Labute approximate surface area is 124 Å². The van der Waals surface area contributed by atoms with Crippen LogP contribution in [-0.2, 0) is 16.0 Å². The zero-order chi connectivity index (χ0) is 14.7. The topological polar surface area (TPSA) is 71.1 Å². The van der Waals surface area contributed by atoms with Gasteiger partial charge in [0.2, 0.25) is 5.91 Å². The second-order valence-corrected chi connectivity index (χ2v) is 5.62. The molecule has 2 heterocycles. The van der Waals surface area contributed by atoms with Crippen molar-refractivity contribution in [2.24, 2.45) is 5.92 Å². The highest BCUT2D eigenvalue weighted by molar-refractivity contribution is 5.79. The van der Waals surface area contributed by atoms with Crippen molar-refractivity contribution in [2.75, 3.05) is 19.7 Å². The van der Waals surface area contributed by atoms with Crippen LogP contribution in [0.15, 0.2) is 12.2 Å². The minimum Gasteiger partial charge on any atom is -0.366 e. The van der Waals surface area contributed by atoms with Crippen LogP contribution in [0.5, 0.6) is 0 Å². The highest BCUT2D eigenvalue weighted by Crippen LogP contribution is 2.25. The van der Waals surface area contributed by atoms with Crippen molar-refractivity contribution >= 4 is 5.91 Å². The zero-order valence-electron chi connectivity index (χ0n) is 12.4. The second kappa shape index (κ2) is 6.39. The van der Waals surface area contributed by atoms with E-state index in [1.54, 1.807) is 0 Å². The Hall–Kier alpha value is -1.69. The molecule has 1 aromatic rings. The van der Waals surface area contributed by atoms with Crippen LogP contribution < -0.4 is 0 Å². The van der Waals surface area contributed by atoms with E-state index in [2.05, 4.69) is 27.3 Å². The van der Waals surface area contributed by atoms with Crippen LogP contribution in [0.1, 0.15) is 43.9 Å². The zero-order valence-corrected chi connectivity index (χ0v) is 12.4. The van der Waals surface area contributed by atoms with Crippen molar-refractivity contribution in [3.8, 4) is 0 Å². The summed E-state index contributed by atoms with van der Waals surface area (Å²) in [5.41, 5.74) is 0. The Bertz CT molecular complexity index is 525. The molecule has 0 aromatic carbocycles. The predicted octanol–water partition coefficient (Wildman–Crippen LogP) is 1.62. The van der Waals surface area contributed by atoms with Crippen molar-refractivity contribution in [3.63, 3.8) is 0 Å². The Balaban J connectivity index is 1.64. The summed E-state index contributed by atoms with van der Waals surface area (Å²) >= 11 is 0. The van der Waals surface area contributed by atoms with E-state index in [0.29, 0.717) is 25.5 Å². The van der Waals surface area contributed by atoms with Crippen molar-refractivity contribution < 1.29 is 9.53 Å². The summed E-state index contributed by atoms with van der Waals surface area (Å²) in [4.78, 5) is 18.9. The van der Waals surface area contributed by atoms with E-state index < -0.39 is 0 Å². The minimum absolute atomic E-state index is 0.132. The van der Waals surface area contributed by atoms with Gasteiger partial charge in [-0.3, -0.25) is 9.89 Å². The van der Waals surface area contributed by atoms with E-state index in [1.807, 2.05) is 11.8 Å². The fourth-order valence-electron chi connectivity index (χ4n) is 2.89. The highest BCUT2D eigenvalue weighted by atomic mass is 16.5. The maximum atomic E-state index is 12.6. The van der Waals surface area contributed by atoms with E-state index in [1.165, 1.54) is 0 Å². The number of hydrogen-bond donors (Lipinski definition) is 1. The Morgan fingerprint density at radius 1 is 1.52 bits per heavy atom. The number of carbonyl (C=O) groups excluding carboxylic acids is 1. The number of aryl methyl sites for hydroxylation is 1. The SMILES string of the molecule is CCc1nc([C@H]2CN(C(=O)[C@H]3CC=CCC3)CCO2)n[nH]1. The van der Waals surface area contributed by atoms with Gasteiger partial charge in [-0.25, -0.2) is 4.98 Å². The van der Waals surface area contributed by atoms with Gasteiger partial charge in [0.25, 0.3) is 0 Å². The van der Waals surface area contributed by atoms with Crippen LogP contribution in [0.2, 0.25) is 0 Å². The number of hydrogen-bond acceptors (Lipinski definition) is 4. The molecule has 1 amide bonds. The third kappa shape index (κ3) is 3.15. The molecule has 1 fully saturated rings. The van der Waals surface area contributed by atoms with E-state index in [-0.39, 0.29) is 17.9 Å². The Kier molecular flexibility index (Phi) is 4.34. The molecule has 0 radical (unpaired) electrons. The van der Waals surface area contributed by atoms with Crippen LogP contribution >= 0.6 is 0 Å². The van der Waals surface area contributed by atoms with Crippen molar-refractivity contribution in [2.45, 2.75) is 38.7 Å². The van der Waals surface area contributed by atoms with Gasteiger partial charge < -0.3 is 9.64 Å². The number of morpholine rings is 1. The first-order chi connectivity index (χ1) is 10.3. The van der Waals surface area contributed by atoms with Crippen LogP contribution in [-0.4, -0.2) is 45.7 Å². The standard InChI is InChI=1S/C15H22N4O2/c1-2-13-16-14(18-17-13)12-10-19(8-9-21-12)15(20)11-6-4-3-5-7-11/h3-4,11-12H,2,5-10H2,1H3,(H,16,17,18)/t11-,12+/m0/s1. The molecular weight excluding hydrogens is 268 g/mol. The third-order valence-corrected chi connectivity index (χ3v) is 4.17. The van der Waals surface area contributed by atoms with E-state index in [4.69, 9.17) is 4.74 Å². The van der Waals surface area contributed by atoms with Gasteiger partial charge in [-0.1, -0.05) is 19.1 Å². The number of nitrogens with zero attached hydrogens (tertiary/aromatic N) is 3. The highest BCUT2D eigenvalue weighted by Gasteiger charge is 2.31. The van der Waals surface area contributed by atoms with E-state index in [0.717, 1.165) is 31.5 Å². The molecule has 2 aliphatic rings. The Morgan fingerprint density at radius 2 is 2.43 bits per heavy atom. The molecule has 3 rings (SSSR count). The average Bonchev–Trinajstić information content (AvgIpc) is 3.04. The molecule has 0 saturated carbocycles. The molecule has 1 saturated heterocycles. The normalized spacial score (nSPS) is 26.0. The molecular formula is C15H22N4O2. The fraction of sp³-hybridized carbons (Fsp3) is 0.667. The van der Waals surface area contributed by atoms with Gasteiger partial charge in [0, 0.05) is 18.9 Å². The fourth-order valence-corrected chi connectivity index (χ4v) is 2.89. The smallest absolute Gasteiger partial charge is 0.226 e. The van der Waals surface area contributed by atoms with Gasteiger partial charge >= 0.3 is 0 Å². The summed E-state index contributed by atoms with van der Waals surface area (Å²) in [7, 11) is 0. The molecule has 1 N–H and O–H groups in total. The van der Waals surface area contributed by atoms with Gasteiger partial charge in [0.05, 0.1) is 13.2 Å². The van der Waals surface area contributed by atoms with Crippen molar-refractivity contribution in [1.82, 2.24) is 20.1 Å². The van der Waals surface area contributed by atoms with Gasteiger partial charge in [-0.2, -0.15) is 5.10 Å². The summed E-state index contributed by atoms with van der Waals surface area (Å²) in [6.45, 7) is 3.80. The number of nitrogens with one attached hydrogen (secondary N) is 1. The van der Waals surface area contributed by atoms with Crippen LogP contribution in [0.4, 0.5) is 0 Å². The summed E-state index contributed by atoms with van der Waals surface area (Å²) in [6.07, 6.45) is 7.71. The van der Waals surface area contributed by atoms with Crippen LogP contribution in [0.3, 0.4) is 0 Å². The number of allylic oxidation sites excluding steroid dienone is 2. The van der Waals surface area contributed by atoms with Crippen LogP contribution in [0.25, 0.3) is 0 Å². The predicted molar refractivity (Wildman–Crippen MR) is 77.5 cm³/mol. The first-order valence-corrected chi connectivity index (χ1v) is 7.74. The molecule has 21 heavy (non-hydrogen) atoms. The maximum absolute atomic E-state index is 12.6. The number of aromatic amines is 1. The number of amides is 1. The summed E-state index contributed by atoms with van der Waals surface area (Å²) < 4.78 is 5.74. The largest absolute Gasteiger partial charge is 0.366 e. The van der Waals surface area contributed by atoms with Crippen molar-refractivity contribution in [1.29, 1.82) is 0 Å². The lowest BCUT2D eigenvalue weighted by Crippen LogP contribution is -2.45.